The van der Waals surface area contributed by atoms with Crippen LogP contribution >= 0.6 is 24.8 Å². The van der Waals surface area contributed by atoms with E-state index >= 15 is 0 Å². The number of ether oxygens (including phenoxy) is 1. The van der Waals surface area contributed by atoms with Crippen LogP contribution in [-0.2, 0) is 13.0 Å². The number of hydrogen-bond acceptors (Lipinski definition) is 6. The van der Waals surface area contributed by atoms with E-state index in [1.165, 1.54) is 31.2 Å². The minimum Gasteiger partial charge on any atom is -0.493 e. The second-order valence-corrected chi connectivity index (χ2v) is 9.77. The van der Waals surface area contributed by atoms with Crippen molar-refractivity contribution in [3.05, 3.63) is 57.6 Å². The summed E-state index contributed by atoms with van der Waals surface area (Å²) in [5.41, 5.74) is 4.14. The first-order valence-corrected chi connectivity index (χ1v) is 12.6. The number of H-pyrrole nitrogens is 1. The Bertz CT molecular complexity index is 1100. The zero-order valence-electron chi connectivity index (χ0n) is 21.5. The number of rotatable bonds is 8. The molecule has 200 valence electrons. The third kappa shape index (κ3) is 8.23. The third-order valence-corrected chi connectivity index (χ3v) is 6.84. The lowest BCUT2D eigenvalue weighted by Crippen LogP contribution is -2.33. The number of pyridine rings is 1. The summed E-state index contributed by atoms with van der Waals surface area (Å²) >= 11 is 0. The van der Waals surface area contributed by atoms with E-state index in [0.717, 1.165) is 78.9 Å². The predicted octanol–water partition coefficient (Wildman–Crippen LogP) is 5.14. The zero-order chi connectivity index (χ0) is 23.9. The summed E-state index contributed by atoms with van der Waals surface area (Å²) in [7, 11) is 3.75. The van der Waals surface area contributed by atoms with Crippen molar-refractivity contribution in [3.8, 4) is 5.75 Å². The van der Waals surface area contributed by atoms with Gasteiger partial charge in [0.1, 0.15) is 5.75 Å². The number of aromatic nitrogens is 2. The molecule has 36 heavy (non-hydrogen) atoms. The van der Waals surface area contributed by atoms with Crippen molar-refractivity contribution >= 4 is 35.8 Å². The average Bonchev–Trinajstić information content (AvgIpc) is 3.58. The third-order valence-electron chi connectivity index (χ3n) is 6.84. The molecule has 2 aromatic heterocycles. The van der Waals surface area contributed by atoms with E-state index in [4.69, 9.17) is 9.26 Å². The van der Waals surface area contributed by atoms with Gasteiger partial charge in [0.15, 0.2) is 5.58 Å². The Kier molecular flexibility index (Phi) is 12.3. The summed E-state index contributed by atoms with van der Waals surface area (Å²) in [5.74, 6) is 2.39. The predicted molar refractivity (Wildman–Crippen MR) is 150 cm³/mol. The molecule has 1 aliphatic carbocycles. The lowest BCUT2D eigenvalue weighted by Gasteiger charge is -2.31. The number of aromatic amines is 1. The molecular formula is C27H40Cl2N4O3. The SMILES string of the molecule is CNC.Cc1c(OCC2CC2)ccc2c(CCC3CCN(Cc4ccc(=O)[nH]c4)CC3)noc12.Cl.Cl. The van der Waals surface area contributed by atoms with Gasteiger partial charge in [-0.25, -0.2) is 0 Å². The molecular weight excluding hydrogens is 499 g/mol. The van der Waals surface area contributed by atoms with Crippen molar-refractivity contribution in [2.45, 2.75) is 52.0 Å². The molecule has 0 radical (unpaired) electrons. The molecule has 0 atom stereocenters. The molecule has 3 aromatic rings. The number of likely N-dealkylation sites (tertiary alicyclic amines) is 1. The minimum atomic E-state index is -0.0416. The van der Waals surface area contributed by atoms with Crippen LogP contribution in [0.3, 0.4) is 0 Å². The highest BCUT2D eigenvalue weighted by molar-refractivity contribution is 5.86. The second kappa shape index (κ2) is 14.6. The highest BCUT2D eigenvalue weighted by Gasteiger charge is 2.23. The van der Waals surface area contributed by atoms with Gasteiger partial charge in [-0.2, -0.15) is 0 Å². The van der Waals surface area contributed by atoms with Crippen LogP contribution in [0.25, 0.3) is 11.0 Å². The van der Waals surface area contributed by atoms with Gasteiger partial charge in [0.25, 0.3) is 0 Å². The fourth-order valence-electron chi connectivity index (χ4n) is 4.57. The van der Waals surface area contributed by atoms with Gasteiger partial charge in [-0.1, -0.05) is 11.2 Å². The summed E-state index contributed by atoms with van der Waals surface area (Å²) in [5, 5.41) is 8.28. The molecule has 5 rings (SSSR count). The smallest absolute Gasteiger partial charge is 0.247 e. The van der Waals surface area contributed by atoms with Crippen LogP contribution in [-0.4, -0.2) is 48.8 Å². The maximum atomic E-state index is 11.2. The Hall–Kier alpha value is -2.06. The highest BCUT2D eigenvalue weighted by Crippen LogP contribution is 2.34. The van der Waals surface area contributed by atoms with Gasteiger partial charge < -0.3 is 19.6 Å². The fraction of sp³-hybridized carbons (Fsp3) is 0.556. The van der Waals surface area contributed by atoms with Gasteiger partial charge in [-0.05, 0) is 102 Å². The van der Waals surface area contributed by atoms with Gasteiger partial charge >= 0.3 is 0 Å². The lowest BCUT2D eigenvalue weighted by atomic mass is 9.91. The summed E-state index contributed by atoms with van der Waals surface area (Å²) in [4.78, 5) is 16.5. The average molecular weight is 540 g/mol. The topological polar surface area (TPSA) is 83.4 Å². The Morgan fingerprint density at radius 1 is 1.08 bits per heavy atom. The summed E-state index contributed by atoms with van der Waals surface area (Å²) < 4.78 is 11.7. The number of piperidine rings is 1. The van der Waals surface area contributed by atoms with Crippen molar-refractivity contribution in [1.82, 2.24) is 20.4 Å². The van der Waals surface area contributed by atoms with E-state index in [-0.39, 0.29) is 30.4 Å². The Morgan fingerprint density at radius 2 is 1.81 bits per heavy atom. The number of aryl methyl sites for hydroxylation is 2. The summed E-state index contributed by atoms with van der Waals surface area (Å²) in [6.07, 6.45) is 8.93. The molecule has 2 N–H and O–H groups in total. The molecule has 1 saturated heterocycles. The summed E-state index contributed by atoms with van der Waals surface area (Å²) in [6, 6.07) is 7.72. The van der Waals surface area contributed by atoms with Crippen LogP contribution in [0.5, 0.6) is 5.75 Å². The number of nitrogens with one attached hydrogen (secondary N) is 2. The van der Waals surface area contributed by atoms with Gasteiger partial charge in [-0.15, -0.1) is 24.8 Å². The molecule has 1 aromatic carbocycles. The van der Waals surface area contributed by atoms with Crippen LogP contribution in [0.2, 0.25) is 0 Å². The van der Waals surface area contributed by atoms with E-state index in [0.29, 0.717) is 0 Å². The Labute approximate surface area is 226 Å². The molecule has 1 aliphatic heterocycles. The summed E-state index contributed by atoms with van der Waals surface area (Å²) in [6.45, 7) is 5.99. The lowest BCUT2D eigenvalue weighted by molar-refractivity contribution is 0.172. The maximum Gasteiger partial charge on any atom is 0.247 e. The molecule has 2 aliphatic rings. The van der Waals surface area contributed by atoms with Gasteiger partial charge in [0, 0.05) is 29.8 Å². The van der Waals surface area contributed by atoms with Crippen LogP contribution in [0.4, 0.5) is 0 Å². The van der Waals surface area contributed by atoms with Crippen molar-refractivity contribution < 1.29 is 9.26 Å². The molecule has 0 unspecified atom stereocenters. The number of hydrogen-bond donors (Lipinski definition) is 2. The molecule has 0 amide bonds. The first-order chi connectivity index (χ1) is 16.6. The Morgan fingerprint density at radius 3 is 2.44 bits per heavy atom. The van der Waals surface area contributed by atoms with Crippen molar-refractivity contribution in [3.63, 3.8) is 0 Å². The fourth-order valence-corrected chi connectivity index (χ4v) is 4.57. The van der Waals surface area contributed by atoms with E-state index in [1.54, 1.807) is 6.07 Å². The second-order valence-electron chi connectivity index (χ2n) is 9.77. The maximum absolute atomic E-state index is 11.2. The molecule has 3 heterocycles. The molecule has 1 saturated carbocycles. The first kappa shape index (κ1) is 30.2. The molecule has 9 heteroatoms. The van der Waals surface area contributed by atoms with E-state index in [1.807, 2.05) is 26.4 Å². The number of halogens is 2. The van der Waals surface area contributed by atoms with Gasteiger partial charge in [-0.3, -0.25) is 9.69 Å². The van der Waals surface area contributed by atoms with Crippen molar-refractivity contribution in [2.24, 2.45) is 11.8 Å². The van der Waals surface area contributed by atoms with E-state index in [9.17, 15) is 4.79 Å². The molecule has 0 spiro atoms. The normalized spacial score (nSPS) is 16.0. The molecule has 0 bridgehead atoms. The van der Waals surface area contributed by atoms with E-state index < -0.39 is 0 Å². The van der Waals surface area contributed by atoms with Crippen molar-refractivity contribution in [1.29, 1.82) is 0 Å². The minimum absolute atomic E-state index is 0. The number of benzene rings is 1. The monoisotopic (exact) mass is 538 g/mol. The van der Waals surface area contributed by atoms with Crippen LogP contribution in [0.15, 0.2) is 39.8 Å². The van der Waals surface area contributed by atoms with E-state index in [2.05, 4.69) is 39.4 Å². The first-order valence-electron chi connectivity index (χ1n) is 12.6. The standard InChI is InChI=1S/C25H31N3O3.C2H7N.2ClH/c1-17-23(30-16-19-2-3-19)8-6-21-22(27-31-25(17)21)7-4-18-10-12-28(13-11-18)15-20-5-9-24(29)26-14-20;1-3-2;;/h5-6,8-9,14,18-19H,2-4,7,10-13,15-16H2,1H3,(H,26,29);3H,1-2H3;2*1H. The molecule has 2 fully saturated rings. The zero-order valence-corrected chi connectivity index (χ0v) is 23.2. The van der Waals surface area contributed by atoms with Gasteiger partial charge in [0.2, 0.25) is 5.56 Å². The van der Waals surface area contributed by atoms with Crippen LogP contribution < -0.4 is 15.6 Å². The van der Waals surface area contributed by atoms with Crippen LogP contribution in [0, 0.1) is 18.8 Å². The number of fused-ring (bicyclic) bond motifs is 1. The highest BCUT2D eigenvalue weighted by atomic mass is 35.5. The van der Waals surface area contributed by atoms with Crippen LogP contribution in [0.1, 0.15) is 48.9 Å². The quantitative estimate of drug-likeness (QED) is 0.413. The molecule has 7 nitrogen and oxygen atoms in total. The Balaban J connectivity index is 0.000000871. The van der Waals surface area contributed by atoms with Crippen molar-refractivity contribution in [2.75, 3.05) is 33.8 Å². The largest absolute Gasteiger partial charge is 0.493 e. The van der Waals surface area contributed by atoms with Gasteiger partial charge in [0.05, 0.1) is 12.3 Å². The number of nitrogens with zero attached hydrogens (tertiary/aromatic N) is 2.